The SMILES string of the molecule is Cc1cc2c(NC(=O)CCCN3C(=O)c4ccc([N+](=O)[O-])cc4C3=O)cccc2[nH]1. The van der Waals surface area contributed by atoms with Gasteiger partial charge in [0.25, 0.3) is 17.5 Å². The highest BCUT2D eigenvalue weighted by molar-refractivity contribution is 6.21. The minimum Gasteiger partial charge on any atom is -0.359 e. The maximum absolute atomic E-state index is 12.5. The number of hydrogen-bond acceptors (Lipinski definition) is 5. The van der Waals surface area contributed by atoms with Crippen LogP contribution >= 0.6 is 0 Å². The van der Waals surface area contributed by atoms with Gasteiger partial charge in [0.05, 0.1) is 21.7 Å². The molecular weight excluding hydrogens is 388 g/mol. The van der Waals surface area contributed by atoms with E-state index < -0.39 is 16.7 Å². The molecule has 1 aromatic heterocycles. The van der Waals surface area contributed by atoms with Gasteiger partial charge in [0, 0.05) is 41.7 Å². The van der Waals surface area contributed by atoms with Gasteiger partial charge in [-0.25, -0.2) is 0 Å². The summed E-state index contributed by atoms with van der Waals surface area (Å²) in [7, 11) is 0. The largest absolute Gasteiger partial charge is 0.359 e. The number of aromatic amines is 1. The Morgan fingerprint density at radius 3 is 2.67 bits per heavy atom. The van der Waals surface area contributed by atoms with E-state index in [1.54, 1.807) is 0 Å². The van der Waals surface area contributed by atoms with Crippen LogP contribution in [0, 0.1) is 17.0 Å². The molecule has 1 aliphatic heterocycles. The van der Waals surface area contributed by atoms with Crippen molar-refractivity contribution >= 4 is 40.0 Å². The Bertz CT molecular complexity index is 1210. The number of fused-ring (bicyclic) bond motifs is 2. The van der Waals surface area contributed by atoms with Crippen LogP contribution in [-0.4, -0.2) is 39.1 Å². The molecule has 9 nitrogen and oxygen atoms in total. The lowest BCUT2D eigenvalue weighted by Gasteiger charge is -2.13. The fourth-order valence-electron chi connectivity index (χ4n) is 3.61. The molecule has 1 aliphatic rings. The first-order valence-corrected chi connectivity index (χ1v) is 9.38. The van der Waals surface area contributed by atoms with Gasteiger partial charge in [-0.1, -0.05) is 6.07 Å². The number of anilines is 1. The number of carbonyl (C=O) groups is 3. The Morgan fingerprint density at radius 2 is 1.90 bits per heavy atom. The lowest BCUT2D eigenvalue weighted by molar-refractivity contribution is -0.384. The predicted octanol–water partition coefficient (Wildman–Crippen LogP) is 3.40. The summed E-state index contributed by atoms with van der Waals surface area (Å²) in [5.74, 6) is -1.31. The number of H-pyrrole nitrogens is 1. The molecule has 0 spiro atoms. The quantitative estimate of drug-likeness (QED) is 0.369. The zero-order valence-electron chi connectivity index (χ0n) is 16.1. The monoisotopic (exact) mass is 406 g/mol. The van der Waals surface area contributed by atoms with E-state index in [4.69, 9.17) is 0 Å². The van der Waals surface area contributed by atoms with E-state index in [1.807, 2.05) is 31.2 Å². The molecular formula is C21H18N4O5. The van der Waals surface area contributed by atoms with Crippen molar-refractivity contribution in [2.45, 2.75) is 19.8 Å². The molecule has 0 atom stereocenters. The number of nitro groups is 1. The second kappa shape index (κ2) is 7.43. The molecule has 0 aliphatic carbocycles. The number of imide groups is 1. The van der Waals surface area contributed by atoms with Crippen LogP contribution in [0.3, 0.4) is 0 Å². The molecule has 0 radical (unpaired) electrons. The van der Waals surface area contributed by atoms with E-state index >= 15 is 0 Å². The number of hydrogen-bond donors (Lipinski definition) is 2. The highest BCUT2D eigenvalue weighted by atomic mass is 16.6. The van der Waals surface area contributed by atoms with Gasteiger partial charge < -0.3 is 10.3 Å². The maximum Gasteiger partial charge on any atom is 0.270 e. The number of amides is 3. The third kappa shape index (κ3) is 3.41. The molecule has 0 bridgehead atoms. The number of carbonyl (C=O) groups excluding carboxylic acids is 3. The Labute approximate surface area is 170 Å². The molecule has 2 N–H and O–H groups in total. The molecule has 9 heteroatoms. The summed E-state index contributed by atoms with van der Waals surface area (Å²) < 4.78 is 0. The molecule has 4 rings (SSSR count). The highest BCUT2D eigenvalue weighted by Crippen LogP contribution is 2.27. The third-order valence-corrected chi connectivity index (χ3v) is 5.02. The summed E-state index contributed by atoms with van der Waals surface area (Å²) in [6.07, 6.45) is 0.398. The van der Waals surface area contributed by atoms with Gasteiger partial charge in [0.2, 0.25) is 5.91 Å². The summed E-state index contributed by atoms with van der Waals surface area (Å²) in [6.45, 7) is 1.99. The zero-order valence-corrected chi connectivity index (χ0v) is 16.1. The van der Waals surface area contributed by atoms with Crippen molar-refractivity contribution in [3.05, 3.63) is 69.4 Å². The molecule has 30 heavy (non-hydrogen) atoms. The van der Waals surface area contributed by atoms with Gasteiger partial charge in [0.1, 0.15) is 0 Å². The third-order valence-electron chi connectivity index (χ3n) is 5.02. The van der Waals surface area contributed by atoms with Gasteiger partial charge in [-0.2, -0.15) is 0 Å². The number of aryl methyl sites for hydroxylation is 1. The van der Waals surface area contributed by atoms with Gasteiger partial charge in [-0.05, 0) is 37.6 Å². The van der Waals surface area contributed by atoms with Crippen LogP contribution in [0.5, 0.6) is 0 Å². The van der Waals surface area contributed by atoms with Crippen LogP contribution in [-0.2, 0) is 4.79 Å². The minimum atomic E-state index is -0.614. The molecule has 0 saturated heterocycles. The fourth-order valence-corrected chi connectivity index (χ4v) is 3.61. The van der Waals surface area contributed by atoms with Gasteiger partial charge >= 0.3 is 0 Å². The van der Waals surface area contributed by atoms with Crippen molar-refractivity contribution < 1.29 is 19.3 Å². The normalized spacial score (nSPS) is 13.0. The van der Waals surface area contributed by atoms with Crippen LogP contribution in [0.15, 0.2) is 42.5 Å². The van der Waals surface area contributed by atoms with Gasteiger partial charge in [-0.3, -0.25) is 29.4 Å². The van der Waals surface area contributed by atoms with E-state index in [9.17, 15) is 24.5 Å². The number of non-ortho nitro benzene ring substituents is 1. The molecule has 0 fully saturated rings. The summed E-state index contributed by atoms with van der Waals surface area (Å²) in [5, 5.41) is 14.7. The topological polar surface area (TPSA) is 125 Å². The first-order chi connectivity index (χ1) is 14.3. The molecule has 2 aromatic carbocycles. The number of rotatable bonds is 6. The fraction of sp³-hybridized carbons (Fsp3) is 0.190. The number of nitro benzene ring substituents is 1. The first-order valence-electron chi connectivity index (χ1n) is 9.38. The summed E-state index contributed by atoms with van der Waals surface area (Å²) in [6, 6.07) is 11.1. The predicted molar refractivity (Wildman–Crippen MR) is 109 cm³/mol. The molecule has 3 aromatic rings. The van der Waals surface area contributed by atoms with Crippen molar-refractivity contribution in [3.63, 3.8) is 0 Å². The Morgan fingerprint density at radius 1 is 1.13 bits per heavy atom. The number of aromatic nitrogens is 1. The average molecular weight is 406 g/mol. The van der Waals surface area contributed by atoms with Crippen molar-refractivity contribution in [2.75, 3.05) is 11.9 Å². The van der Waals surface area contributed by atoms with Crippen LogP contribution in [0.2, 0.25) is 0 Å². The molecule has 3 amide bonds. The van der Waals surface area contributed by atoms with E-state index in [0.717, 1.165) is 27.6 Å². The molecule has 0 unspecified atom stereocenters. The lowest BCUT2D eigenvalue weighted by atomic mass is 10.1. The number of nitrogens with zero attached hydrogens (tertiary/aromatic N) is 2. The van der Waals surface area contributed by atoms with E-state index in [1.165, 1.54) is 12.1 Å². The first kappa shape index (κ1) is 19.3. The van der Waals surface area contributed by atoms with E-state index in [-0.39, 0.29) is 42.1 Å². The minimum absolute atomic E-state index is 0.0214. The average Bonchev–Trinajstić information content (AvgIpc) is 3.20. The van der Waals surface area contributed by atoms with Crippen molar-refractivity contribution in [3.8, 4) is 0 Å². The van der Waals surface area contributed by atoms with Crippen molar-refractivity contribution in [2.24, 2.45) is 0 Å². The maximum atomic E-state index is 12.5. The van der Waals surface area contributed by atoms with Crippen LogP contribution < -0.4 is 5.32 Å². The lowest BCUT2D eigenvalue weighted by Crippen LogP contribution is -2.31. The zero-order chi connectivity index (χ0) is 21.4. The highest BCUT2D eigenvalue weighted by Gasteiger charge is 2.36. The second-order valence-corrected chi connectivity index (χ2v) is 7.12. The second-order valence-electron chi connectivity index (χ2n) is 7.12. The number of benzene rings is 2. The van der Waals surface area contributed by atoms with Gasteiger partial charge in [-0.15, -0.1) is 0 Å². The number of nitrogens with one attached hydrogen (secondary N) is 2. The van der Waals surface area contributed by atoms with E-state index in [2.05, 4.69) is 10.3 Å². The molecule has 0 saturated carbocycles. The molecule has 2 heterocycles. The smallest absolute Gasteiger partial charge is 0.270 e. The summed E-state index contributed by atoms with van der Waals surface area (Å²) in [5.41, 5.74) is 2.51. The standard InChI is InChI=1S/C21H18N4O5/c1-12-10-16-17(22-12)4-2-5-18(16)23-19(26)6-3-9-24-20(27)14-8-7-13(25(29)30)11-15(14)21(24)28/h2,4-5,7-8,10-11,22H,3,6,9H2,1H3,(H,23,26). The van der Waals surface area contributed by atoms with Crippen LogP contribution in [0.25, 0.3) is 10.9 Å². The van der Waals surface area contributed by atoms with E-state index in [0.29, 0.717) is 5.69 Å². The Balaban J connectivity index is 1.38. The van der Waals surface area contributed by atoms with Crippen molar-refractivity contribution in [1.82, 2.24) is 9.88 Å². The molecule has 152 valence electrons. The Kier molecular flexibility index (Phi) is 4.78. The summed E-state index contributed by atoms with van der Waals surface area (Å²) in [4.78, 5) is 51.8. The van der Waals surface area contributed by atoms with Crippen LogP contribution in [0.4, 0.5) is 11.4 Å². The summed E-state index contributed by atoms with van der Waals surface area (Å²) >= 11 is 0. The van der Waals surface area contributed by atoms with Crippen molar-refractivity contribution in [1.29, 1.82) is 0 Å². The Hall–Kier alpha value is -4.01. The van der Waals surface area contributed by atoms with Crippen LogP contribution in [0.1, 0.15) is 39.3 Å². The van der Waals surface area contributed by atoms with Gasteiger partial charge in [0.15, 0.2) is 0 Å².